The molecule has 2 heteroatoms. The molecule has 2 aromatic rings. The van der Waals surface area contributed by atoms with Gasteiger partial charge in [0, 0.05) is 11.0 Å². The van der Waals surface area contributed by atoms with Gasteiger partial charge in [-0.1, -0.05) is 48.5 Å². The third-order valence-electron chi connectivity index (χ3n) is 2.71. The van der Waals surface area contributed by atoms with Gasteiger partial charge in [0.05, 0.1) is 0 Å². The summed E-state index contributed by atoms with van der Waals surface area (Å²) >= 11 is 0. The van der Waals surface area contributed by atoms with Gasteiger partial charge in [-0.25, -0.2) is 0 Å². The first-order chi connectivity index (χ1) is 6.45. The van der Waals surface area contributed by atoms with E-state index in [4.69, 9.17) is 0 Å². The van der Waals surface area contributed by atoms with Gasteiger partial charge in [-0.2, -0.15) is 0 Å². The van der Waals surface area contributed by atoms with Crippen LogP contribution in [0.2, 0.25) is 0 Å². The van der Waals surface area contributed by atoms with E-state index in [2.05, 4.69) is 48.5 Å². The molecule has 1 aliphatic rings. The zero-order chi connectivity index (χ0) is 8.67. The van der Waals surface area contributed by atoms with Crippen LogP contribution in [0.5, 0.6) is 0 Å². The lowest BCUT2D eigenvalue weighted by atomic mass is 10.1. The maximum absolute atomic E-state index is 2.22. The van der Waals surface area contributed by atoms with Crippen LogP contribution in [0, 0.1) is 0 Å². The van der Waals surface area contributed by atoms with E-state index in [9.17, 15) is 0 Å². The second-order valence-corrected chi connectivity index (χ2v) is 3.49. The predicted molar refractivity (Wildman–Crippen MR) is 62.9 cm³/mol. The zero-order valence-corrected chi connectivity index (χ0v) is 9.23. The number of benzene rings is 2. The fourth-order valence-electron chi connectivity index (χ4n) is 2.08. The van der Waals surface area contributed by atoms with Crippen LogP contribution >= 0.6 is 0 Å². The summed E-state index contributed by atoms with van der Waals surface area (Å²) in [6.45, 7) is 0. The van der Waals surface area contributed by atoms with Gasteiger partial charge in [0.25, 0.3) is 0 Å². The van der Waals surface area contributed by atoms with Gasteiger partial charge in [-0.15, -0.1) is 0 Å². The van der Waals surface area contributed by atoms with Crippen molar-refractivity contribution in [2.24, 2.45) is 0 Å². The first-order valence-electron chi connectivity index (χ1n) is 4.61. The Bertz CT molecular complexity index is 422. The minimum absolute atomic E-state index is 0. The van der Waals surface area contributed by atoms with Crippen LogP contribution in [-0.4, -0.2) is 11.0 Å². The quantitative estimate of drug-likeness (QED) is 0.505. The van der Waals surface area contributed by atoms with Gasteiger partial charge in [-0.3, -0.25) is 4.70 Å². The molecule has 0 fully saturated rings. The maximum atomic E-state index is 2.22. The molecule has 0 saturated heterocycles. The Hall–Kier alpha value is -1.41. The highest BCUT2D eigenvalue weighted by atomic mass is 28.1. The molecule has 74 valence electrons. The summed E-state index contributed by atoms with van der Waals surface area (Å²) in [5, 5.41) is 0. The summed E-state index contributed by atoms with van der Waals surface area (Å²) in [6, 6.07) is 17.3. The van der Waals surface area contributed by atoms with E-state index in [0.717, 1.165) is 6.42 Å². The number of hydrogen-bond acceptors (Lipinski definition) is 0. The van der Waals surface area contributed by atoms with Crippen molar-refractivity contribution in [3.05, 3.63) is 59.7 Å². The molecule has 2 aromatic carbocycles. The first kappa shape index (κ1) is 11.7. The van der Waals surface area contributed by atoms with E-state index in [-0.39, 0.29) is 15.7 Å². The molecule has 0 aliphatic heterocycles. The number of hydrogen-bond donors (Lipinski definition) is 0. The minimum atomic E-state index is 0. The lowest BCUT2D eigenvalue weighted by molar-refractivity contribution is 1.11. The van der Waals surface area contributed by atoms with Crippen molar-refractivity contribution in [1.82, 2.24) is 0 Å². The molecule has 0 bridgehead atoms. The van der Waals surface area contributed by atoms with E-state index >= 15 is 0 Å². The first-order valence-corrected chi connectivity index (χ1v) is 4.61. The second kappa shape index (κ2) is 4.40. The summed E-state index contributed by atoms with van der Waals surface area (Å²) in [4.78, 5) is 0. The van der Waals surface area contributed by atoms with Crippen molar-refractivity contribution >= 4 is 11.0 Å². The molecule has 0 N–H and O–H groups in total. The van der Waals surface area contributed by atoms with Crippen molar-refractivity contribution in [1.29, 1.82) is 0 Å². The van der Waals surface area contributed by atoms with Crippen molar-refractivity contribution in [3.8, 4) is 11.1 Å². The average molecular weight is 214 g/mol. The summed E-state index contributed by atoms with van der Waals surface area (Å²) in [5.74, 6) is 0. The molecule has 0 unspecified atom stereocenters. The van der Waals surface area contributed by atoms with Crippen molar-refractivity contribution in [2.75, 3.05) is 0 Å². The predicted octanol–water partition coefficient (Wildman–Crippen LogP) is 3.03. The van der Waals surface area contributed by atoms with E-state index < -0.39 is 0 Å². The van der Waals surface area contributed by atoms with Crippen LogP contribution in [0.4, 0.5) is 4.70 Å². The Morgan fingerprint density at radius 1 is 0.667 bits per heavy atom. The smallest absolute Gasteiger partial charge is 0 e. The number of halogens is 1. The summed E-state index contributed by atoms with van der Waals surface area (Å²) < 4.78 is 0. The molecule has 0 nitrogen and oxygen atoms in total. The Morgan fingerprint density at radius 2 is 1.07 bits per heavy atom. The Balaban J connectivity index is 0.000000562. The highest BCUT2D eigenvalue weighted by Crippen LogP contribution is 2.35. The van der Waals surface area contributed by atoms with Gasteiger partial charge in [0.15, 0.2) is 0 Å². The second-order valence-electron chi connectivity index (χ2n) is 3.49. The summed E-state index contributed by atoms with van der Waals surface area (Å²) in [5.41, 5.74) is 5.75. The molecule has 0 aromatic heterocycles. The molecule has 0 atom stereocenters. The molecule has 0 amide bonds. The van der Waals surface area contributed by atoms with E-state index in [1.165, 1.54) is 22.3 Å². The van der Waals surface area contributed by atoms with Gasteiger partial charge in [0.1, 0.15) is 0 Å². The Labute approximate surface area is 93.3 Å². The van der Waals surface area contributed by atoms with Crippen LogP contribution in [0.25, 0.3) is 11.1 Å². The Morgan fingerprint density at radius 3 is 1.53 bits per heavy atom. The third kappa shape index (κ3) is 1.73. The van der Waals surface area contributed by atoms with Crippen LogP contribution in [0.1, 0.15) is 11.1 Å². The van der Waals surface area contributed by atoms with Gasteiger partial charge in [0.2, 0.25) is 0 Å². The van der Waals surface area contributed by atoms with Crippen LogP contribution in [0.15, 0.2) is 48.5 Å². The van der Waals surface area contributed by atoms with Gasteiger partial charge < -0.3 is 0 Å². The standard InChI is InChI=1S/C13H10.FH.Si/c1-3-7-12-10(5-1)9-11-6-2-4-8-13(11)12;;/h1-8H,9H2;1H;. The average Bonchev–Trinajstić information content (AvgIpc) is 2.56. The maximum Gasteiger partial charge on any atom is 0 e. The summed E-state index contributed by atoms with van der Waals surface area (Å²) in [6.07, 6.45) is 1.10. The molecule has 4 radical (unpaired) electrons. The normalized spacial score (nSPS) is 10.7. The van der Waals surface area contributed by atoms with Crippen molar-refractivity contribution in [2.45, 2.75) is 6.42 Å². The highest BCUT2D eigenvalue weighted by Gasteiger charge is 2.15. The topological polar surface area (TPSA) is 0 Å². The monoisotopic (exact) mass is 214 g/mol. The molecular weight excluding hydrogens is 203 g/mol. The molecule has 3 rings (SSSR count). The van der Waals surface area contributed by atoms with Crippen LogP contribution in [-0.2, 0) is 6.42 Å². The van der Waals surface area contributed by atoms with Crippen LogP contribution in [0.3, 0.4) is 0 Å². The van der Waals surface area contributed by atoms with Crippen molar-refractivity contribution in [3.63, 3.8) is 0 Å². The molecule has 0 heterocycles. The lowest BCUT2D eigenvalue weighted by Crippen LogP contribution is -1.77. The van der Waals surface area contributed by atoms with Gasteiger partial charge >= 0.3 is 0 Å². The third-order valence-corrected chi connectivity index (χ3v) is 2.71. The fourth-order valence-corrected chi connectivity index (χ4v) is 2.08. The zero-order valence-electron chi connectivity index (χ0n) is 8.23. The highest BCUT2D eigenvalue weighted by molar-refractivity contribution is 5.76. The Kier molecular flexibility index (Phi) is 3.42. The molecule has 0 saturated carbocycles. The van der Waals surface area contributed by atoms with E-state index in [1.807, 2.05) is 0 Å². The molecule has 15 heavy (non-hydrogen) atoms. The van der Waals surface area contributed by atoms with E-state index in [1.54, 1.807) is 0 Å². The number of fused-ring (bicyclic) bond motifs is 3. The molecule has 0 spiro atoms. The number of rotatable bonds is 0. The lowest BCUT2D eigenvalue weighted by Gasteiger charge is -1.98. The van der Waals surface area contributed by atoms with Crippen molar-refractivity contribution < 1.29 is 4.70 Å². The molecule has 1 aliphatic carbocycles. The molecular formula is C13H11FSi. The summed E-state index contributed by atoms with van der Waals surface area (Å²) in [7, 11) is 0. The SMILES string of the molecule is F.[Si].c1ccc2c(c1)Cc1ccccc1-2. The largest absolute Gasteiger partial charge is 0.269 e. The minimum Gasteiger partial charge on any atom is -0.269 e. The van der Waals surface area contributed by atoms with Crippen LogP contribution < -0.4 is 0 Å². The van der Waals surface area contributed by atoms with Gasteiger partial charge in [-0.05, 0) is 28.7 Å². The van der Waals surface area contributed by atoms with E-state index in [0.29, 0.717) is 0 Å². The fraction of sp³-hybridized carbons (Fsp3) is 0.0769.